The van der Waals surface area contributed by atoms with Crippen LogP contribution < -0.4 is 5.32 Å². The minimum Gasteiger partial charge on any atom is -0.317 e. The summed E-state index contributed by atoms with van der Waals surface area (Å²) in [5, 5.41) is 3.44. The lowest BCUT2D eigenvalue weighted by molar-refractivity contribution is 0.590. The molecule has 1 N–H and O–H groups in total. The predicted molar refractivity (Wildman–Crippen MR) is 68.1 cm³/mol. The van der Waals surface area contributed by atoms with Gasteiger partial charge in [-0.05, 0) is 42.5 Å². The van der Waals surface area contributed by atoms with E-state index < -0.39 is 0 Å². The number of halogens is 1. The molecule has 1 aromatic rings. The van der Waals surface area contributed by atoms with Crippen molar-refractivity contribution >= 4 is 15.9 Å². The first-order chi connectivity index (χ1) is 7.18. The van der Waals surface area contributed by atoms with Crippen LogP contribution in [0.2, 0.25) is 0 Å². The molecule has 0 radical (unpaired) electrons. The summed E-state index contributed by atoms with van der Waals surface area (Å²) in [6.07, 6.45) is 1.31. The van der Waals surface area contributed by atoms with Crippen LogP contribution in [-0.4, -0.2) is 13.1 Å². The fourth-order valence-corrected chi connectivity index (χ4v) is 3.06. The van der Waals surface area contributed by atoms with Crippen molar-refractivity contribution in [3.8, 4) is 0 Å². The van der Waals surface area contributed by atoms with Crippen LogP contribution in [0.3, 0.4) is 0 Å². The molecule has 1 aliphatic rings. The Balaban J connectivity index is 2.10. The van der Waals surface area contributed by atoms with E-state index >= 15 is 0 Å². The highest BCUT2D eigenvalue weighted by molar-refractivity contribution is 9.10. The molecule has 1 nitrogen and oxygen atoms in total. The summed E-state index contributed by atoms with van der Waals surface area (Å²) in [7, 11) is 0. The molecule has 0 spiro atoms. The van der Waals surface area contributed by atoms with Crippen molar-refractivity contribution < 1.29 is 0 Å². The predicted octanol–water partition coefficient (Wildman–Crippen LogP) is 3.34. The highest BCUT2D eigenvalue weighted by atomic mass is 79.9. The van der Waals surface area contributed by atoms with Crippen molar-refractivity contribution in [1.29, 1.82) is 0 Å². The summed E-state index contributed by atoms with van der Waals surface area (Å²) in [5.74, 6) is 0.802. The quantitative estimate of drug-likeness (QED) is 0.883. The van der Waals surface area contributed by atoms with Crippen LogP contribution in [-0.2, 0) is 5.41 Å². The van der Waals surface area contributed by atoms with Gasteiger partial charge in [-0.15, -0.1) is 0 Å². The molecule has 0 amide bonds. The maximum atomic E-state index is 3.65. The summed E-state index contributed by atoms with van der Waals surface area (Å²) in [6, 6.07) is 8.60. The van der Waals surface area contributed by atoms with Crippen molar-refractivity contribution in [2.24, 2.45) is 5.92 Å². The average Bonchev–Trinajstić information content (AvgIpc) is 2.88. The van der Waals surface area contributed by atoms with Crippen molar-refractivity contribution in [2.45, 2.75) is 25.7 Å². The van der Waals surface area contributed by atoms with Gasteiger partial charge in [0.25, 0.3) is 0 Å². The highest BCUT2D eigenvalue weighted by Gasteiger charge is 2.51. The van der Waals surface area contributed by atoms with Crippen LogP contribution in [0.25, 0.3) is 0 Å². The van der Waals surface area contributed by atoms with Gasteiger partial charge in [-0.3, -0.25) is 0 Å². The Morgan fingerprint density at radius 2 is 2.20 bits per heavy atom. The highest BCUT2D eigenvalue weighted by Crippen LogP contribution is 2.55. The van der Waals surface area contributed by atoms with E-state index in [0.29, 0.717) is 5.41 Å². The van der Waals surface area contributed by atoms with Crippen molar-refractivity contribution in [2.75, 3.05) is 13.1 Å². The molecule has 2 rings (SSSR count). The maximum absolute atomic E-state index is 3.65. The van der Waals surface area contributed by atoms with Crippen LogP contribution in [0.1, 0.15) is 25.8 Å². The monoisotopic (exact) mass is 267 g/mol. The molecule has 1 saturated carbocycles. The van der Waals surface area contributed by atoms with Gasteiger partial charge >= 0.3 is 0 Å². The second-order valence-corrected chi connectivity index (χ2v) is 5.46. The van der Waals surface area contributed by atoms with E-state index in [9.17, 15) is 0 Å². The maximum Gasteiger partial charge on any atom is 0.0212 e. The van der Waals surface area contributed by atoms with Gasteiger partial charge in [0.15, 0.2) is 0 Å². The molecule has 2 heteroatoms. The van der Waals surface area contributed by atoms with E-state index in [2.05, 4.69) is 59.4 Å². The first-order valence-electron chi connectivity index (χ1n) is 5.64. The van der Waals surface area contributed by atoms with Crippen molar-refractivity contribution in [3.05, 3.63) is 34.3 Å². The third-order valence-corrected chi connectivity index (χ3v) is 4.23. The minimum atomic E-state index is 0.391. The number of rotatable bonds is 4. The zero-order valence-electron chi connectivity index (χ0n) is 9.39. The van der Waals surface area contributed by atoms with Gasteiger partial charge in [0, 0.05) is 4.47 Å². The van der Waals surface area contributed by atoms with E-state index in [0.717, 1.165) is 19.0 Å². The molecule has 1 aliphatic carbocycles. The summed E-state index contributed by atoms with van der Waals surface area (Å²) >= 11 is 3.65. The molecular weight excluding hydrogens is 250 g/mol. The fourth-order valence-electron chi connectivity index (χ4n) is 2.32. The molecule has 1 fully saturated rings. The van der Waals surface area contributed by atoms with Crippen LogP contribution in [0.15, 0.2) is 28.7 Å². The molecule has 0 heterocycles. The smallest absolute Gasteiger partial charge is 0.0212 e. The van der Waals surface area contributed by atoms with E-state index in [4.69, 9.17) is 0 Å². The first-order valence-corrected chi connectivity index (χ1v) is 6.43. The Hall–Kier alpha value is -0.340. The fraction of sp³-hybridized carbons (Fsp3) is 0.538. The summed E-state index contributed by atoms with van der Waals surface area (Å²) in [6.45, 7) is 6.75. The second kappa shape index (κ2) is 4.26. The molecule has 15 heavy (non-hydrogen) atoms. The topological polar surface area (TPSA) is 12.0 Å². The normalized spacial score (nSPS) is 29.1. The third-order valence-electron chi connectivity index (χ3n) is 3.54. The molecule has 82 valence electrons. The minimum absolute atomic E-state index is 0.391. The molecule has 2 unspecified atom stereocenters. The lowest BCUT2D eigenvalue weighted by atomic mass is 9.95. The molecule has 0 aliphatic heterocycles. The van der Waals surface area contributed by atoms with Crippen molar-refractivity contribution in [3.63, 3.8) is 0 Å². The van der Waals surface area contributed by atoms with Gasteiger partial charge in [0.1, 0.15) is 0 Å². The van der Waals surface area contributed by atoms with Gasteiger partial charge in [-0.25, -0.2) is 0 Å². The lowest BCUT2D eigenvalue weighted by Gasteiger charge is -2.14. The Labute approximate surface area is 100 Å². The molecular formula is C13H18BrN. The number of nitrogens with one attached hydrogen (secondary N) is 1. The first kappa shape index (κ1) is 11.2. The Kier molecular flexibility index (Phi) is 3.17. The van der Waals surface area contributed by atoms with Gasteiger partial charge in [-0.2, -0.15) is 0 Å². The van der Waals surface area contributed by atoms with Crippen LogP contribution in [0.4, 0.5) is 0 Å². The van der Waals surface area contributed by atoms with E-state index in [1.807, 2.05) is 0 Å². The zero-order valence-corrected chi connectivity index (χ0v) is 11.0. The van der Waals surface area contributed by atoms with Gasteiger partial charge in [-0.1, -0.05) is 48.0 Å². The second-order valence-electron chi connectivity index (χ2n) is 4.61. The molecule has 1 aromatic carbocycles. The van der Waals surface area contributed by atoms with Crippen molar-refractivity contribution in [1.82, 2.24) is 5.32 Å². The van der Waals surface area contributed by atoms with E-state index in [1.165, 1.54) is 16.5 Å². The number of hydrogen-bond donors (Lipinski definition) is 1. The molecule has 2 atom stereocenters. The van der Waals surface area contributed by atoms with Crippen LogP contribution in [0, 0.1) is 5.92 Å². The Bertz CT molecular complexity index is 350. The number of benzene rings is 1. The van der Waals surface area contributed by atoms with Crippen LogP contribution >= 0.6 is 15.9 Å². The molecule has 0 aromatic heterocycles. The molecule has 0 bridgehead atoms. The van der Waals surface area contributed by atoms with Gasteiger partial charge < -0.3 is 5.32 Å². The van der Waals surface area contributed by atoms with E-state index in [1.54, 1.807) is 0 Å². The van der Waals surface area contributed by atoms with Gasteiger partial charge in [0.05, 0.1) is 0 Å². The van der Waals surface area contributed by atoms with Gasteiger partial charge in [0.2, 0.25) is 0 Å². The lowest BCUT2D eigenvalue weighted by Crippen LogP contribution is -2.19. The van der Waals surface area contributed by atoms with Crippen LogP contribution in [0.5, 0.6) is 0 Å². The third kappa shape index (κ3) is 2.11. The summed E-state index contributed by atoms with van der Waals surface area (Å²) < 4.78 is 1.26. The Morgan fingerprint density at radius 3 is 2.87 bits per heavy atom. The average molecular weight is 268 g/mol. The SMILES string of the molecule is CCNCC1CC1(C)c1ccccc1Br. The summed E-state index contributed by atoms with van der Waals surface area (Å²) in [5.41, 5.74) is 1.86. The largest absolute Gasteiger partial charge is 0.317 e. The summed E-state index contributed by atoms with van der Waals surface area (Å²) in [4.78, 5) is 0. The van der Waals surface area contributed by atoms with E-state index in [-0.39, 0.29) is 0 Å². The zero-order chi connectivity index (χ0) is 10.9. The Morgan fingerprint density at radius 1 is 1.47 bits per heavy atom. The number of hydrogen-bond acceptors (Lipinski definition) is 1. The standard InChI is InChI=1S/C13H18BrN/c1-3-15-9-10-8-13(10,2)11-6-4-5-7-12(11)14/h4-7,10,15H,3,8-9H2,1-2H3. The molecule has 0 saturated heterocycles.